The molecule has 2 heterocycles. The van der Waals surface area contributed by atoms with E-state index in [1.807, 2.05) is 31.2 Å². The molecule has 0 amide bonds. The van der Waals surface area contributed by atoms with Crippen LogP contribution in [-0.2, 0) is 20.6 Å². The molecule has 30 heavy (non-hydrogen) atoms. The second-order valence-corrected chi connectivity index (χ2v) is 7.16. The predicted molar refractivity (Wildman–Crippen MR) is 113 cm³/mol. The van der Waals surface area contributed by atoms with Gasteiger partial charge in [-0.1, -0.05) is 18.2 Å². The summed E-state index contributed by atoms with van der Waals surface area (Å²) in [5.74, 6) is 1.01. The van der Waals surface area contributed by atoms with Crippen LogP contribution in [0.4, 0.5) is 5.95 Å². The van der Waals surface area contributed by atoms with E-state index < -0.39 is 17.4 Å². The molecule has 0 saturated heterocycles. The Morgan fingerprint density at radius 1 is 1.20 bits per heavy atom. The number of aliphatic hydroxyl groups excluding tert-OH is 2. The standard InChI is InChI=1S/C20H27N5O5/c1-13-7-4-5-8-15(13)30-12-14(27)11-25-16-17(22-19(25)21-9-6-10-26)23(2)20(29)24(3)18(16)28/h4-5,7-8,14,26-27H,6,9-12H2,1-3H3,(H,21,22)/t14-/m0/s1. The maximum atomic E-state index is 12.8. The van der Waals surface area contributed by atoms with Crippen LogP contribution < -0.4 is 21.3 Å². The highest BCUT2D eigenvalue weighted by Crippen LogP contribution is 2.19. The Hall–Kier alpha value is -3.11. The normalized spacial score (nSPS) is 12.3. The molecule has 3 rings (SSSR count). The average molecular weight is 417 g/mol. The van der Waals surface area contributed by atoms with Crippen LogP contribution in [0.15, 0.2) is 33.9 Å². The maximum absolute atomic E-state index is 12.8. The fourth-order valence-corrected chi connectivity index (χ4v) is 3.21. The molecule has 3 aromatic rings. The third-order valence-electron chi connectivity index (χ3n) is 4.88. The summed E-state index contributed by atoms with van der Waals surface area (Å²) in [6, 6.07) is 7.49. The van der Waals surface area contributed by atoms with Crippen molar-refractivity contribution in [2.75, 3.05) is 25.1 Å². The van der Waals surface area contributed by atoms with Crippen LogP contribution in [0, 0.1) is 6.92 Å². The monoisotopic (exact) mass is 417 g/mol. The van der Waals surface area contributed by atoms with Gasteiger partial charge >= 0.3 is 5.69 Å². The molecule has 10 nitrogen and oxygen atoms in total. The molecule has 0 unspecified atom stereocenters. The second kappa shape index (κ2) is 9.14. The third-order valence-corrected chi connectivity index (χ3v) is 4.88. The minimum Gasteiger partial charge on any atom is -0.491 e. The van der Waals surface area contributed by atoms with Crippen molar-refractivity contribution >= 4 is 17.1 Å². The first-order chi connectivity index (χ1) is 14.3. The lowest BCUT2D eigenvalue weighted by Gasteiger charge is -2.16. The SMILES string of the molecule is Cc1ccccc1OC[C@@H](O)Cn1c(NCCCO)nc2c1c(=O)n(C)c(=O)n2C. The fraction of sp³-hybridized carbons (Fsp3) is 0.450. The molecule has 0 bridgehead atoms. The van der Waals surface area contributed by atoms with E-state index in [1.54, 1.807) is 4.57 Å². The van der Waals surface area contributed by atoms with Gasteiger partial charge in [-0.05, 0) is 25.0 Å². The highest BCUT2D eigenvalue weighted by Gasteiger charge is 2.21. The quantitative estimate of drug-likeness (QED) is 0.418. The van der Waals surface area contributed by atoms with E-state index in [-0.39, 0.29) is 30.9 Å². The maximum Gasteiger partial charge on any atom is 0.332 e. The summed E-state index contributed by atoms with van der Waals surface area (Å²) in [6.45, 7) is 2.40. The Kier molecular flexibility index (Phi) is 6.58. The third kappa shape index (κ3) is 4.24. The summed E-state index contributed by atoms with van der Waals surface area (Å²) in [4.78, 5) is 29.4. The van der Waals surface area contributed by atoms with Crippen molar-refractivity contribution in [1.29, 1.82) is 0 Å². The van der Waals surface area contributed by atoms with Crippen LogP contribution >= 0.6 is 0 Å². The summed E-state index contributed by atoms with van der Waals surface area (Å²) in [5, 5.41) is 22.7. The van der Waals surface area contributed by atoms with Gasteiger partial charge in [-0.2, -0.15) is 4.98 Å². The van der Waals surface area contributed by atoms with E-state index >= 15 is 0 Å². The molecule has 162 valence electrons. The number of aliphatic hydroxyl groups is 2. The van der Waals surface area contributed by atoms with Gasteiger partial charge in [0.1, 0.15) is 18.5 Å². The summed E-state index contributed by atoms with van der Waals surface area (Å²) >= 11 is 0. The van der Waals surface area contributed by atoms with Crippen LogP contribution in [-0.4, -0.2) is 54.8 Å². The first-order valence-electron chi connectivity index (χ1n) is 9.72. The molecule has 0 radical (unpaired) electrons. The number of para-hydroxylation sites is 1. The predicted octanol–water partition coefficient (Wildman–Crippen LogP) is -0.0237. The van der Waals surface area contributed by atoms with E-state index in [1.165, 1.54) is 18.7 Å². The van der Waals surface area contributed by atoms with Crippen LogP contribution in [0.3, 0.4) is 0 Å². The number of hydrogen-bond acceptors (Lipinski definition) is 7. The van der Waals surface area contributed by atoms with Gasteiger partial charge in [0.2, 0.25) is 5.95 Å². The van der Waals surface area contributed by atoms with Gasteiger partial charge in [-0.3, -0.25) is 13.9 Å². The van der Waals surface area contributed by atoms with Crippen molar-refractivity contribution in [2.24, 2.45) is 14.1 Å². The summed E-state index contributed by atoms with van der Waals surface area (Å²) in [5.41, 5.74) is 0.404. The van der Waals surface area contributed by atoms with E-state index in [0.29, 0.717) is 24.7 Å². The van der Waals surface area contributed by atoms with Crippen LogP contribution in [0.2, 0.25) is 0 Å². The fourth-order valence-electron chi connectivity index (χ4n) is 3.21. The molecule has 0 fully saturated rings. The van der Waals surface area contributed by atoms with Gasteiger partial charge < -0.3 is 24.8 Å². The number of aromatic nitrogens is 4. The summed E-state index contributed by atoms with van der Waals surface area (Å²) in [6.07, 6.45) is -0.443. The molecule has 3 N–H and O–H groups in total. The summed E-state index contributed by atoms with van der Waals surface area (Å²) < 4.78 is 9.58. The molecule has 0 aliphatic rings. The molecular formula is C20H27N5O5. The van der Waals surface area contributed by atoms with Crippen molar-refractivity contribution in [3.05, 3.63) is 50.7 Å². The highest BCUT2D eigenvalue weighted by molar-refractivity contribution is 5.74. The highest BCUT2D eigenvalue weighted by atomic mass is 16.5. The minimum atomic E-state index is -0.928. The van der Waals surface area contributed by atoms with Gasteiger partial charge in [0.15, 0.2) is 11.2 Å². The number of fused-ring (bicyclic) bond motifs is 1. The van der Waals surface area contributed by atoms with E-state index in [4.69, 9.17) is 9.84 Å². The summed E-state index contributed by atoms with van der Waals surface area (Å²) in [7, 11) is 2.94. The number of anilines is 1. The molecule has 0 aliphatic carbocycles. The van der Waals surface area contributed by atoms with Crippen LogP contribution in [0.25, 0.3) is 11.2 Å². The molecule has 0 aliphatic heterocycles. The van der Waals surface area contributed by atoms with Gasteiger partial charge in [0, 0.05) is 27.2 Å². The smallest absolute Gasteiger partial charge is 0.332 e. The first kappa shape index (κ1) is 21.6. The minimum absolute atomic E-state index is 0.000369. The molecule has 0 spiro atoms. The number of nitrogens with zero attached hydrogens (tertiary/aromatic N) is 4. The van der Waals surface area contributed by atoms with Crippen molar-refractivity contribution in [3.8, 4) is 5.75 Å². The van der Waals surface area contributed by atoms with Crippen molar-refractivity contribution in [2.45, 2.75) is 26.0 Å². The number of imidazole rings is 1. The van der Waals surface area contributed by atoms with Gasteiger partial charge in [0.25, 0.3) is 5.56 Å². The van der Waals surface area contributed by atoms with E-state index in [9.17, 15) is 14.7 Å². The number of rotatable bonds is 9. The Balaban J connectivity index is 1.93. The second-order valence-electron chi connectivity index (χ2n) is 7.16. The number of nitrogens with one attached hydrogen (secondary N) is 1. The Labute approximate surface area is 173 Å². The first-order valence-corrected chi connectivity index (χ1v) is 9.72. The Morgan fingerprint density at radius 2 is 1.93 bits per heavy atom. The van der Waals surface area contributed by atoms with Crippen molar-refractivity contribution < 1.29 is 14.9 Å². The van der Waals surface area contributed by atoms with Gasteiger partial charge in [-0.15, -0.1) is 0 Å². The molecule has 1 aromatic carbocycles. The number of benzene rings is 1. The lowest BCUT2D eigenvalue weighted by molar-refractivity contribution is 0.0935. The van der Waals surface area contributed by atoms with Gasteiger partial charge in [0.05, 0.1) is 6.54 Å². The zero-order valence-corrected chi connectivity index (χ0v) is 17.3. The number of aryl methyl sites for hydroxylation is 2. The van der Waals surface area contributed by atoms with E-state index in [2.05, 4.69) is 10.3 Å². The van der Waals surface area contributed by atoms with Crippen molar-refractivity contribution in [3.63, 3.8) is 0 Å². The molecule has 2 aromatic heterocycles. The van der Waals surface area contributed by atoms with Crippen molar-refractivity contribution in [1.82, 2.24) is 18.7 Å². The van der Waals surface area contributed by atoms with Crippen LogP contribution in [0.1, 0.15) is 12.0 Å². The lowest BCUT2D eigenvalue weighted by atomic mass is 10.2. The van der Waals surface area contributed by atoms with Crippen LogP contribution in [0.5, 0.6) is 5.75 Å². The van der Waals surface area contributed by atoms with E-state index in [0.717, 1.165) is 10.1 Å². The zero-order chi connectivity index (χ0) is 21.8. The topological polar surface area (TPSA) is 124 Å². The molecular weight excluding hydrogens is 390 g/mol. The molecule has 1 atom stereocenters. The molecule has 0 saturated carbocycles. The Morgan fingerprint density at radius 3 is 2.63 bits per heavy atom. The number of ether oxygens (including phenoxy) is 1. The Bertz CT molecular complexity index is 1150. The largest absolute Gasteiger partial charge is 0.491 e. The van der Waals surface area contributed by atoms with Gasteiger partial charge in [-0.25, -0.2) is 4.79 Å². The zero-order valence-electron chi connectivity index (χ0n) is 17.3. The lowest BCUT2D eigenvalue weighted by Crippen LogP contribution is -2.38. The molecule has 10 heteroatoms. The number of hydrogen-bond donors (Lipinski definition) is 3. The average Bonchev–Trinajstić information content (AvgIpc) is 3.08.